The van der Waals surface area contributed by atoms with Crippen LogP contribution in [0.15, 0.2) is 0 Å². The minimum absolute atomic E-state index is 0.0885. The molecule has 0 spiro atoms. The van der Waals surface area contributed by atoms with Crippen molar-refractivity contribution in [1.82, 2.24) is 4.90 Å². The molecule has 0 bridgehead atoms. The zero-order valence-electron chi connectivity index (χ0n) is 10.5. The molecule has 0 aromatic rings. The van der Waals surface area contributed by atoms with Crippen molar-refractivity contribution in [3.05, 3.63) is 0 Å². The summed E-state index contributed by atoms with van der Waals surface area (Å²) in [5, 5.41) is 8.95. The number of nitrogens with zero attached hydrogens (tertiary/aromatic N) is 2. The van der Waals surface area contributed by atoms with Crippen molar-refractivity contribution in [2.45, 2.75) is 56.5 Å². The zero-order chi connectivity index (χ0) is 12.5. The Morgan fingerprint density at radius 1 is 1.35 bits per heavy atom. The molecule has 2 saturated carbocycles. The number of amides is 1. The topological polar surface area (TPSA) is 70.1 Å². The molecule has 0 saturated heterocycles. The highest BCUT2D eigenvalue weighted by Crippen LogP contribution is 2.33. The van der Waals surface area contributed by atoms with E-state index < -0.39 is 5.54 Å². The third-order valence-corrected chi connectivity index (χ3v) is 4.42. The van der Waals surface area contributed by atoms with Gasteiger partial charge in [-0.15, -0.1) is 0 Å². The summed E-state index contributed by atoms with van der Waals surface area (Å²) in [6.07, 6.45) is 6.37. The van der Waals surface area contributed by atoms with E-state index in [9.17, 15) is 4.79 Å². The molecule has 2 N–H and O–H groups in total. The Kier molecular flexibility index (Phi) is 3.39. The van der Waals surface area contributed by atoms with Crippen LogP contribution in [0.25, 0.3) is 0 Å². The molecule has 0 unspecified atom stereocenters. The molecule has 2 aliphatic rings. The second kappa shape index (κ2) is 4.66. The predicted octanol–water partition coefficient (Wildman–Crippen LogP) is 1.41. The zero-order valence-corrected chi connectivity index (χ0v) is 10.5. The van der Waals surface area contributed by atoms with Crippen LogP contribution in [0.5, 0.6) is 0 Å². The second-order valence-corrected chi connectivity index (χ2v) is 5.58. The van der Waals surface area contributed by atoms with Crippen LogP contribution in [0.1, 0.15) is 44.9 Å². The Morgan fingerprint density at radius 2 is 1.94 bits per heavy atom. The third-order valence-electron chi connectivity index (χ3n) is 4.42. The van der Waals surface area contributed by atoms with Crippen molar-refractivity contribution in [2.24, 2.45) is 11.7 Å². The highest BCUT2D eigenvalue weighted by atomic mass is 16.2. The fourth-order valence-corrected chi connectivity index (χ4v) is 2.73. The van der Waals surface area contributed by atoms with Crippen LogP contribution in [0, 0.1) is 17.2 Å². The summed E-state index contributed by atoms with van der Waals surface area (Å²) >= 11 is 0. The molecular weight excluding hydrogens is 214 g/mol. The van der Waals surface area contributed by atoms with E-state index in [4.69, 9.17) is 11.0 Å². The first-order chi connectivity index (χ1) is 8.06. The Morgan fingerprint density at radius 3 is 2.35 bits per heavy atom. The van der Waals surface area contributed by atoms with Gasteiger partial charge in [0, 0.05) is 19.0 Å². The number of nitrogens with two attached hydrogens (primary N) is 1. The van der Waals surface area contributed by atoms with Gasteiger partial charge in [-0.25, -0.2) is 0 Å². The molecule has 0 heterocycles. The Hall–Kier alpha value is -1.08. The highest BCUT2D eigenvalue weighted by Gasteiger charge is 2.37. The smallest absolute Gasteiger partial charge is 0.225 e. The Balaban J connectivity index is 1.88. The van der Waals surface area contributed by atoms with Crippen LogP contribution in [-0.4, -0.2) is 29.4 Å². The second-order valence-electron chi connectivity index (χ2n) is 5.58. The van der Waals surface area contributed by atoms with Crippen molar-refractivity contribution in [3.8, 4) is 6.07 Å². The lowest BCUT2D eigenvalue weighted by Gasteiger charge is -2.39. The summed E-state index contributed by atoms with van der Waals surface area (Å²) in [7, 11) is 1.92. The van der Waals surface area contributed by atoms with Gasteiger partial charge in [0.15, 0.2) is 0 Å². The lowest BCUT2D eigenvalue weighted by molar-refractivity contribution is -0.139. The standard InChI is InChI=1S/C13H21N3O/c1-16(11-3-2-4-11)12(17)10-5-7-13(15,9-14)8-6-10/h10-11H,2-8,15H2,1H3. The van der Waals surface area contributed by atoms with Gasteiger partial charge in [0.1, 0.15) is 5.54 Å². The van der Waals surface area contributed by atoms with Crippen molar-refractivity contribution in [2.75, 3.05) is 7.05 Å². The minimum Gasteiger partial charge on any atom is -0.343 e. The highest BCUT2D eigenvalue weighted by molar-refractivity contribution is 5.79. The van der Waals surface area contributed by atoms with Gasteiger partial charge in [-0.3, -0.25) is 4.79 Å². The van der Waals surface area contributed by atoms with Crippen LogP contribution in [0.3, 0.4) is 0 Å². The molecule has 0 aromatic carbocycles. The maximum atomic E-state index is 12.2. The van der Waals surface area contributed by atoms with Crippen molar-refractivity contribution in [3.63, 3.8) is 0 Å². The van der Waals surface area contributed by atoms with Gasteiger partial charge in [0.25, 0.3) is 0 Å². The molecule has 2 aliphatic carbocycles. The van der Waals surface area contributed by atoms with Crippen molar-refractivity contribution < 1.29 is 4.79 Å². The molecule has 2 fully saturated rings. The first-order valence-electron chi connectivity index (χ1n) is 6.52. The lowest BCUT2D eigenvalue weighted by atomic mass is 9.77. The van der Waals surface area contributed by atoms with E-state index in [1.807, 2.05) is 11.9 Å². The third kappa shape index (κ3) is 2.44. The molecule has 0 atom stereocenters. The average molecular weight is 235 g/mol. The molecule has 0 aromatic heterocycles. The van der Waals surface area contributed by atoms with Gasteiger partial charge in [-0.2, -0.15) is 5.26 Å². The predicted molar refractivity (Wildman–Crippen MR) is 64.9 cm³/mol. The monoisotopic (exact) mass is 235 g/mol. The molecule has 1 amide bonds. The van der Waals surface area contributed by atoms with Crippen molar-refractivity contribution >= 4 is 5.91 Å². The van der Waals surface area contributed by atoms with E-state index >= 15 is 0 Å². The van der Waals surface area contributed by atoms with E-state index in [0.717, 1.165) is 25.7 Å². The van der Waals surface area contributed by atoms with E-state index in [1.54, 1.807) is 0 Å². The summed E-state index contributed by atoms with van der Waals surface area (Å²) in [6, 6.07) is 2.63. The maximum absolute atomic E-state index is 12.2. The lowest BCUT2D eigenvalue weighted by Crippen LogP contribution is -2.48. The summed E-state index contributed by atoms with van der Waals surface area (Å²) < 4.78 is 0. The molecule has 4 nitrogen and oxygen atoms in total. The van der Waals surface area contributed by atoms with Crippen LogP contribution in [0.4, 0.5) is 0 Å². The van der Waals surface area contributed by atoms with Crippen LogP contribution in [-0.2, 0) is 4.79 Å². The van der Waals surface area contributed by atoms with Crippen molar-refractivity contribution in [1.29, 1.82) is 5.26 Å². The summed E-state index contributed by atoms with van der Waals surface area (Å²) in [5.41, 5.74) is 5.22. The summed E-state index contributed by atoms with van der Waals surface area (Å²) in [4.78, 5) is 14.2. The molecule has 2 rings (SSSR count). The van der Waals surface area contributed by atoms with Gasteiger partial charge >= 0.3 is 0 Å². The first kappa shape index (κ1) is 12.4. The maximum Gasteiger partial charge on any atom is 0.225 e. The van der Waals surface area contributed by atoms with Gasteiger partial charge in [0.05, 0.1) is 6.07 Å². The van der Waals surface area contributed by atoms with Crippen LogP contribution in [0.2, 0.25) is 0 Å². The SMILES string of the molecule is CN(C(=O)C1CCC(N)(C#N)CC1)C1CCC1. The summed E-state index contributed by atoms with van der Waals surface area (Å²) in [5.74, 6) is 0.348. The molecule has 0 aliphatic heterocycles. The fraction of sp³-hybridized carbons (Fsp3) is 0.846. The number of rotatable bonds is 2. The fourth-order valence-electron chi connectivity index (χ4n) is 2.73. The average Bonchev–Trinajstić information content (AvgIpc) is 2.27. The van der Waals surface area contributed by atoms with E-state index in [-0.39, 0.29) is 11.8 Å². The van der Waals surface area contributed by atoms with Crippen LogP contribution >= 0.6 is 0 Å². The molecule has 0 radical (unpaired) electrons. The van der Waals surface area contributed by atoms with Gasteiger partial charge in [0.2, 0.25) is 5.91 Å². The van der Waals surface area contributed by atoms with E-state index in [2.05, 4.69) is 6.07 Å². The quantitative estimate of drug-likeness (QED) is 0.786. The van der Waals surface area contributed by atoms with Crippen LogP contribution < -0.4 is 5.73 Å². The van der Waals surface area contributed by atoms with Gasteiger partial charge < -0.3 is 10.6 Å². The Labute approximate surface area is 103 Å². The Bertz CT molecular complexity index is 335. The molecular formula is C13H21N3O. The minimum atomic E-state index is -0.689. The van der Waals surface area contributed by atoms with E-state index in [0.29, 0.717) is 18.9 Å². The number of hydrogen-bond donors (Lipinski definition) is 1. The summed E-state index contributed by atoms with van der Waals surface area (Å²) in [6.45, 7) is 0. The molecule has 17 heavy (non-hydrogen) atoms. The first-order valence-corrected chi connectivity index (χ1v) is 6.52. The van der Waals surface area contributed by atoms with Gasteiger partial charge in [-0.05, 0) is 44.9 Å². The van der Waals surface area contributed by atoms with Gasteiger partial charge in [-0.1, -0.05) is 0 Å². The number of carbonyl (C=O) groups excluding carboxylic acids is 1. The van der Waals surface area contributed by atoms with E-state index in [1.165, 1.54) is 6.42 Å². The molecule has 94 valence electrons. The number of nitriles is 1. The normalized spacial score (nSPS) is 33.6. The molecule has 4 heteroatoms. The number of carbonyl (C=O) groups is 1. The number of hydrogen-bond acceptors (Lipinski definition) is 3. The largest absolute Gasteiger partial charge is 0.343 e.